The number of primary amides is 1. The Balaban J connectivity index is 2.63. The molecule has 0 aromatic carbocycles. The summed E-state index contributed by atoms with van der Waals surface area (Å²) in [6, 6.07) is 1.53. The summed E-state index contributed by atoms with van der Waals surface area (Å²) in [7, 11) is 0. The molecule has 0 aliphatic carbocycles. The van der Waals surface area contributed by atoms with Gasteiger partial charge in [0.15, 0.2) is 0 Å². The molecule has 5 N–H and O–H groups in total. The van der Waals surface area contributed by atoms with Gasteiger partial charge in [0, 0.05) is 13.0 Å². The van der Waals surface area contributed by atoms with E-state index in [1.54, 1.807) is 6.92 Å². The molecule has 19 heavy (non-hydrogen) atoms. The highest BCUT2D eigenvalue weighted by molar-refractivity contribution is 5.95. The number of nitrogens with one attached hydrogen (secondary N) is 1. The predicted octanol–water partition coefficient (Wildman–Crippen LogP) is 0.518. The van der Waals surface area contributed by atoms with Crippen LogP contribution in [0.4, 0.5) is 11.5 Å². The number of anilines is 2. The third kappa shape index (κ3) is 4.82. The summed E-state index contributed by atoms with van der Waals surface area (Å²) in [6.45, 7) is 2.53. The average Bonchev–Trinajstić information content (AvgIpc) is 2.36. The van der Waals surface area contributed by atoms with Crippen molar-refractivity contribution in [1.29, 1.82) is 0 Å². The predicted molar refractivity (Wildman–Crippen MR) is 71.5 cm³/mol. The van der Waals surface area contributed by atoms with Gasteiger partial charge in [-0.2, -0.15) is 0 Å². The van der Waals surface area contributed by atoms with E-state index in [2.05, 4.69) is 10.3 Å². The summed E-state index contributed by atoms with van der Waals surface area (Å²) in [5, 5.41) is 2.98. The zero-order valence-corrected chi connectivity index (χ0v) is 10.8. The first kappa shape index (κ1) is 14.7. The summed E-state index contributed by atoms with van der Waals surface area (Å²) in [5.74, 6) is -0.330. The smallest absolute Gasteiger partial charge is 0.340 e. The molecule has 0 radical (unpaired) electrons. The van der Waals surface area contributed by atoms with Crippen LogP contribution in [0.1, 0.15) is 30.1 Å². The molecule has 0 aliphatic heterocycles. The van der Waals surface area contributed by atoms with Gasteiger partial charge in [-0.05, 0) is 19.4 Å². The lowest BCUT2D eigenvalue weighted by Gasteiger charge is -2.09. The van der Waals surface area contributed by atoms with E-state index in [1.165, 1.54) is 12.3 Å². The first-order valence-electron chi connectivity index (χ1n) is 5.99. The van der Waals surface area contributed by atoms with Gasteiger partial charge in [0.25, 0.3) is 0 Å². The van der Waals surface area contributed by atoms with Crippen LogP contribution in [0.25, 0.3) is 0 Å². The molecule has 1 rings (SSSR count). The standard InChI is InChI=1S/C12H18N4O3/c1-2-19-12(18)8-6-11(16-7-9(8)13)15-5-3-4-10(14)17/h6-7H,2-5,13H2,1H3,(H2,14,17)(H,15,16). The van der Waals surface area contributed by atoms with E-state index >= 15 is 0 Å². The highest BCUT2D eigenvalue weighted by atomic mass is 16.5. The molecule has 1 heterocycles. The molecule has 0 unspecified atom stereocenters. The number of hydrogen-bond donors (Lipinski definition) is 3. The normalized spacial score (nSPS) is 9.95. The molecule has 104 valence electrons. The number of rotatable bonds is 7. The van der Waals surface area contributed by atoms with Crippen molar-refractivity contribution in [3.05, 3.63) is 17.8 Å². The number of hydrogen-bond acceptors (Lipinski definition) is 6. The van der Waals surface area contributed by atoms with Gasteiger partial charge in [-0.1, -0.05) is 0 Å². The third-order valence-electron chi connectivity index (χ3n) is 2.34. The number of pyridine rings is 1. The number of ether oxygens (including phenoxy) is 1. The van der Waals surface area contributed by atoms with Crippen LogP contribution in [0.5, 0.6) is 0 Å². The van der Waals surface area contributed by atoms with E-state index in [0.717, 1.165) is 0 Å². The van der Waals surface area contributed by atoms with Crippen LogP contribution in [0.15, 0.2) is 12.3 Å². The number of carbonyl (C=O) groups excluding carboxylic acids is 2. The first-order valence-corrected chi connectivity index (χ1v) is 5.99. The highest BCUT2D eigenvalue weighted by Gasteiger charge is 2.12. The molecular formula is C12H18N4O3. The Labute approximate surface area is 111 Å². The van der Waals surface area contributed by atoms with Crippen LogP contribution in [0.3, 0.4) is 0 Å². The second-order valence-corrected chi connectivity index (χ2v) is 3.87. The minimum Gasteiger partial charge on any atom is -0.462 e. The molecule has 1 aromatic rings. The summed E-state index contributed by atoms with van der Waals surface area (Å²) in [5.41, 5.74) is 11.2. The fraction of sp³-hybridized carbons (Fsp3) is 0.417. The highest BCUT2D eigenvalue weighted by Crippen LogP contribution is 2.16. The van der Waals surface area contributed by atoms with Crippen molar-refractivity contribution in [2.24, 2.45) is 5.73 Å². The number of esters is 1. The van der Waals surface area contributed by atoms with E-state index in [-0.39, 0.29) is 23.8 Å². The Morgan fingerprint density at radius 1 is 1.47 bits per heavy atom. The maximum absolute atomic E-state index is 11.6. The monoisotopic (exact) mass is 266 g/mol. The summed E-state index contributed by atoms with van der Waals surface area (Å²) < 4.78 is 4.89. The Morgan fingerprint density at radius 3 is 2.84 bits per heavy atom. The van der Waals surface area contributed by atoms with Crippen LogP contribution >= 0.6 is 0 Å². The van der Waals surface area contributed by atoms with Crippen molar-refractivity contribution in [3.8, 4) is 0 Å². The number of amides is 1. The molecule has 7 nitrogen and oxygen atoms in total. The summed E-state index contributed by atoms with van der Waals surface area (Å²) in [4.78, 5) is 26.2. The van der Waals surface area contributed by atoms with Gasteiger partial charge in [0.05, 0.1) is 24.1 Å². The third-order valence-corrected chi connectivity index (χ3v) is 2.34. The largest absolute Gasteiger partial charge is 0.462 e. The second kappa shape index (κ2) is 7.20. The molecule has 0 saturated heterocycles. The molecular weight excluding hydrogens is 248 g/mol. The van der Waals surface area contributed by atoms with E-state index in [1.807, 2.05) is 0 Å². The number of nitrogen functional groups attached to an aromatic ring is 1. The zero-order valence-electron chi connectivity index (χ0n) is 10.8. The van der Waals surface area contributed by atoms with Crippen molar-refractivity contribution in [3.63, 3.8) is 0 Å². The second-order valence-electron chi connectivity index (χ2n) is 3.87. The summed E-state index contributed by atoms with van der Waals surface area (Å²) >= 11 is 0. The van der Waals surface area contributed by atoms with E-state index in [0.29, 0.717) is 25.2 Å². The molecule has 7 heteroatoms. The van der Waals surface area contributed by atoms with Gasteiger partial charge in [-0.15, -0.1) is 0 Å². The van der Waals surface area contributed by atoms with Gasteiger partial charge < -0.3 is 21.5 Å². The number of aromatic nitrogens is 1. The lowest BCUT2D eigenvalue weighted by atomic mass is 10.2. The van der Waals surface area contributed by atoms with Gasteiger partial charge >= 0.3 is 5.97 Å². The topological polar surface area (TPSA) is 120 Å². The SMILES string of the molecule is CCOC(=O)c1cc(NCCCC(N)=O)ncc1N. The molecule has 0 aliphatic rings. The van der Waals surface area contributed by atoms with Gasteiger partial charge in [-0.3, -0.25) is 4.79 Å². The van der Waals surface area contributed by atoms with Crippen LogP contribution in [0, 0.1) is 0 Å². The Kier molecular flexibility index (Phi) is 5.59. The Hall–Kier alpha value is -2.31. The van der Waals surface area contributed by atoms with E-state index in [9.17, 15) is 9.59 Å². The molecule has 0 bridgehead atoms. The number of nitrogens with zero attached hydrogens (tertiary/aromatic N) is 1. The van der Waals surface area contributed by atoms with Crippen molar-refractivity contribution < 1.29 is 14.3 Å². The fourth-order valence-corrected chi connectivity index (χ4v) is 1.43. The maximum Gasteiger partial charge on any atom is 0.340 e. The van der Waals surface area contributed by atoms with Crippen molar-refractivity contribution in [2.75, 3.05) is 24.2 Å². The van der Waals surface area contributed by atoms with Crippen LogP contribution in [-0.4, -0.2) is 30.0 Å². The lowest BCUT2D eigenvalue weighted by Crippen LogP contribution is -2.14. The van der Waals surface area contributed by atoms with E-state index in [4.69, 9.17) is 16.2 Å². The number of carbonyl (C=O) groups is 2. The van der Waals surface area contributed by atoms with Crippen LogP contribution in [-0.2, 0) is 9.53 Å². The van der Waals surface area contributed by atoms with E-state index < -0.39 is 5.97 Å². The molecule has 0 fully saturated rings. The first-order chi connectivity index (χ1) is 9.04. The minimum absolute atomic E-state index is 0.265. The van der Waals surface area contributed by atoms with Gasteiger partial charge in [0.2, 0.25) is 5.91 Å². The van der Waals surface area contributed by atoms with Crippen LogP contribution < -0.4 is 16.8 Å². The molecule has 0 saturated carbocycles. The number of nitrogens with two attached hydrogens (primary N) is 2. The zero-order chi connectivity index (χ0) is 14.3. The molecule has 0 spiro atoms. The Bertz CT molecular complexity index is 462. The van der Waals surface area contributed by atoms with Gasteiger partial charge in [-0.25, -0.2) is 9.78 Å². The molecule has 0 atom stereocenters. The fourth-order valence-electron chi connectivity index (χ4n) is 1.43. The van der Waals surface area contributed by atoms with Crippen molar-refractivity contribution in [2.45, 2.75) is 19.8 Å². The summed E-state index contributed by atoms with van der Waals surface area (Å²) in [6.07, 6.45) is 2.28. The average molecular weight is 266 g/mol. The Morgan fingerprint density at radius 2 is 2.21 bits per heavy atom. The maximum atomic E-state index is 11.6. The quantitative estimate of drug-likeness (QED) is 0.488. The molecule has 1 aromatic heterocycles. The molecule has 1 amide bonds. The lowest BCUT2D eigenvalue weighted by molar-refractivity contribution is -0.118. The van der Waals surface area contributed by atoms with Crippen LogP contribution in [0.2, 0.25) is 0 Å². The van der Waals surface area contributed by atoms with Gasteiger partial charge in [0.1, 0.15) is 5.82 Å². The minimum atomic E-state index is -0.484. The van der Waals surface area contributed by atoms with Crippen molar-refractivity contribution in [1.82, 2.24) is 4.98 Å². The van der Waals surface area contributed by atoms with Crippen molar-refractivity contribution >= 4 is 23.4 Å².